The minimum absolute atomic E-state index is 0.0686. The predicted octanol–water partition coefficient (Wildman–Crippen LogP) is -1.53. The Balaban J connectivity index is 1.83. The molecular weight excluding hydrogens is 342 g/mol. The van der Waals surface area contributed by atoms with Crippen molar-refractivity contribution in [1.29, 1.82) is 0 Å². The summed E-state index contributed by atoms with van der Waals surface area (Å²) in [6.45, 7) is 0. The zero-order valence-electron chi connectivity index (χ0n) is 13.5. The predicted molar refractivity (Wildman–Crippen MR) is 91.6 cm³/mol. The number of H-pyrrole nitrogens is 1. The van der Waals surface area contributed by atoms with Crippen molar-refractivity contribution in [1.82, 2.24) is 24.9 Å². The van der Waals surface area contributed by atoms with E-state index in [4.69, 9.17) is 5.73 Å². The van der Waals surface area contributed by atoms with E-state index in [2.05, 4.69) is 29.9 Å². The molecule has 10 heteroatoms. The zero-order valence-corrected chi connectivity index (χ0v) is 14.3. The van der Waals surface area contributed by atoms with Crippen LogP contribution in [0.25, 0.3) is 11.5 Å². The third kappa shape index (κ3) is 3.49. The molecular formula is C15H18N7O2S+. The first-order valence-electron chi connectivity index (χ1n) is 7.52. The van der Waals surface area contributed by atoms with E-state index < -0.39 is 16.1 Å². The highest BCUT2D eigenvalue weighted by Gasteiger charge is 2.30. The fraction of sp³-hybridized carbons (Fsp3) is 0.200. The van der Waals surface area contributed by atoms with Gasteiger partial charge in [-0.1, -0.05) is 12.2 Å². The van der Waals surface area contributed by atoms with E-state index in [-0.39, 0.29) is 4.90 Å². The number of nitrogens with zero attached hydrogens (tertiary/aromatic N) is 3. The number of aromatic nitrogens is 4. The second-order valence-corrected chi connectivity index (χ2v) is 7.02. The Morgan fingerprint density at radius 2 is 2.24 bits per heavy atom. The lowest BCUT2D eigenvalue weighted by Gasteiger charge is -2.19. The van der Waals surface area contributed by atoms with Gasteiger partial charge in [-0.25, -0.2) is 18.4 Å². The molecule has 1 aliphatic carbocycles. The normalized spacial score (nSPS) is 21.1. The van der Waals surface area contributed by atoms with Crippen molar-refractivity contribution < 1.29 is 13.4 Å². The van der Waals surface area contributed by atoms with Crippen LogP contribution in [-0.4, -0.2) is 47.4 Å². The minimum atomic E-state index is -3.74. The Hall–Kier alpha value is -2.85. The molecule has 0 aromatic carbocycles. The molecule has 0 saturated carbocycles. The highest BCUT2D eigenvalue weighted by molar-refractivity contribution is 7.89. The molecule has 9 nitrogen and oxygen atoms in total. The Labute approximate surface area is 144 Å². The SMILES string of the molecule is C[NH+]=C1/C(=C\N)C=CCC1NS(=O)(=O)c1ccc(-c2ncn[nH]2)nc1. The fourth-order valence-corrected chi connectivity index (χ4v) is 3.74. The van der Waals surface area contributed by atoms with Crippen LogP contribution in [0, 0.1) is 0 Å². The largest absolute Gasteiger partial charge is 0.404 e. The average Bonchev–Trinajstić information content (AvgIpc) is 3.16. The first-order chi connectivity index (χ1) is 12.0. The number of allylic oxidation sites excluding steroid dienone is 1. The molecule has 1 unspecified atom stereocenters. The van der Waals surface area contributed by atoms with Crippen LogP contribution in [0.3, 0.4) is 0 Å². The van der Waals surface area contributed by atoms with Crippen molar-refractivity contribution in [2.45, 2.75) is 17.4 Å². The number of hydrogen-bond donors (Lipinski definition) is 4. The number of sulfonamides is 1. The van der Waals surface area contributed by atoms with Crippen molar-refractivity contribution in [3.05, 3.63) is 48.6 Å². The summed E-state index contributed by atoms with van der Waals surface area (Å²) in [5.41, 5.74) is 7.57. The second kappa shape index (κ2) is 6.95. The molecule has 1 atom stereocenters. The van der Waals surface area contributed by atoms with Crippen LogP contribution < -0.4 is 15.4 Å². The summed E-state index contributed by atoms with van der Waals surface area (Å²) in [4.78, 5) is 11.2. The lowest BCUT2D eigenvalue weighted by molar-refractivity contribution is -0.421. The van der Waals surface area contributed by atoms with E-state index >= 15 is 0 Å². The van der Waals surface area contributed by atoms with Gasteiger partial charge in [-0.15, -0.1) is 0 Å². The molecule has 2 aromatic heterocycles. The quantitative estimate of drug-likeness (QED) is 0.521. The zero-order chi connectivity index (χ0) is 17.9. The topological polar surface area (TPSA) is 141 Å². The van der Waals surface area contributed by atoms with Crippen LogP contribution in [0.5, 0.6) is 0 Å². The minimum Gasteiger partial charge on any atom is -0.404 e. The first-order valence-corrected chi connectivity index (χ1v) is 9.01. The maximum atomic E-state index is 12.7. The lowest BCUT2D eigenvalue weighted by atomic mass is 9.96. The van der Waals surface area contributed by atoms with Crippen molar-refractivity contribution in [2.75, 3.05) is 7.05 Å². The third-order valence-electron chi connectivity index (χ3n) is 3.78. The Bertz CT molecular complexity index is 929. The molecule has 5 N–H and O–H groups in total. The molecule has 0 saturated heterocycles. The van der Waals surface area contributed by atoms with Crippen LogP contribution in [-0.2, 0) is 10.0 Å². The van der Waals surface area contributed by atoms with Gasteiger partial charge in [0.1, 0.15) is 30.0 Å². The smallest absolute Gasteiger partial charge is 0.242 e. The molecule has 0 fully saturated rings. The number of hydrogen-bond acceptors (Lipinski definition) is 6. The summed E-state index contributed by atoms with van der Waals surface area (Å²) >= 11 is 0. The highest BCUT2D eigenvalue weighted by atomic mass is 32.2. The molecule has 0 aliphatic heterocycles. The van der Waals surface area contributed by atoms with Crippen LogP contribution in [0.15, 0.2) is 53.5 Å². The van der Waals surface area contributed by atoms with Gasteiger partial charge in [0.05, 0.1) is 5.57 Å². The summed E-state index contributed by atoms with van der Waals surface area (Å²) in [5, 5.41) is 6.42. The number of rotatable bonds is 4. The lowest BCUT2D eigenvalue weighted by Crippen LogP contribution is -2.73. The summed E-state index contributed by atoms with van der Waals surface area (Å²) in [6.07, 6.45) is 8.34. The van der Waals surface area contributed by atoms with Gasteiger partial charge in [0.15, 0.2) is 5.82 Å². The van der Waals surface area contributed by atoms with E-state index in [1.54, 1.807) is 13.1 Å². The molecule has 2 heterocycles. The van der Waals surface area contributed by atoms with E-state index in [0.717, 1.165) is 11.3 Å². The molecule has 2 aromatic rings. The monoisotopic (exact) mass is 360 g/mol. The molecule has 130 valence electrons. The van der Waals surface area contributed by atoms with Gasteiger partial charge in [0, 0.05) is 12.4 Å². The van der Waals surface area contributed by atoms with Gasteiger partial charge >= 0.3 is 0 Å². The van der Waals surface area contributed by atoms with Gasteiger partial charge in [0.25, 0.3) is 0 Å². The molecule has 1 aliphatic rings. The van der Waals surface area contributed by atoms with E-state index in [1.165, 1.54) is 24.8 Å². The maximum absolute atomic E-state index is 12.7. The van der Waals surface area contributed by atoms with Crippen LogP contribution in [0.2, 0.25) is 0 Å². The van der Waals surface area contributed by atoms with Gasteiger partial charge in [-0.3, -0.25) is 10.1 Å². The molecule has 0 spiro atoms. The summed E-state index contributed by atoms with van der Waals surface area (Å²) < 4.78 is 28.0. The molecule has 3 rings (SSSR count). The summed E-state index contributed by atoms with van der Waals surface area (Å²) in [6, 6.07) is 2.62. The number of nitrogens with two attached hydrogens (primary N) is 1. The summed E-state index contributed by atoms with van der Waals surface area (Å²) in [7, 11) is -2.01. The van der Waals surface area contributed by atoms with Crippen molar-refractivity contribution >= 4 is 15.7 Å². The summed E-state index contributed by atoms with van der Waals surface area (Å²) in [5.74, 6) is 0.470. The number of nitrogens with one attached hydrogen (secondary N) is 3. The average molecular weight is 360 g/mol. The molecule has 0 amide bonds. The third-order valence-corrected chi connectivity index (χ3v) is 5.24. The van der Waals surface area contributed by atoms with Gasteiger partial charge in [-0.2, -0.15) is 9.82 Å². The standard InChI is InChI=1S/C15H17N7O2S/c1-17-14-10(7-16)3-2-4-12(14)22-25(23,24)11-5-6-13(18-8-11)15-19-9-20-21-15/h2-3,5-9,12,22H,4,16H2,1H3,(H,19,20,21)/p+1/b10-7-,17-14?. The Morgan fingerprint density at radius 1 is 1.40 bits per heavy atom. The van der Waals surface area contributed by atoms with Crippen molar-refractivity contribution in [3.63, 3.8) is 0 Å². The van der Waals surface area contributed by atoms with E-state index in [9.17, 15) is 8.42 Å². The Morgan fingerprint density at radius 3 is 2.84 bits per heavy atom. The molecule has 25 heavy (non-hydrogen) atoms. The van der Waals surface area contributed by atoms with Gasteiger partial charge in [0.2, 0.25) is 15.7 Å². The second-order valence-electron chi connectivity index (χ2n) is 5.31. The van der Waals surface area contributed by atoms with Crippen molar-refractivity contribution in [3.8, 4) is 11.5 Å². The van der Waals surface area contributed by atoms with Crippen LogP contribution in [0.1, 0.15) is 6.42 Å². The number of aromatic amines is 1. The highest BCUT2D eigenvalue weighted by Crippen LogP contribution is 2.17. The van der Waals surface area contributed by atoms with E-state index in [1.807, 2.05) is 12.2 Å². The van der Waals surface area contributed by atoms with Crippen LogP contribution in [0.4, 0.5) is 0 Å². The first kappa shape index (κ1) is 17.0. The van der Waals surface area contributed by atoms with Crippen LogP contribution >= 0.6 is 0 Å². The number of pyridine rings is 1. The Kier molecular flexibility index (Phi) is 4.72. The molecule has 0 radical (unpaired) electrons. The molecule has 0 bridgehead atoms. The van der Waals surface area contributed by atoms with E-state index in [0.29, 0.717) is 17.9 Å². The van der Waals surface area contributed by atoms with Crippen molar-refractivity contribution in [2.24, 2.45) is 5.73 Å². The van der Waals surface area contributed by atoms with Gasteiger partial charge < -0.3 is 5.73 Å². The fourth-order valence-electron chi connectivity index (χ4n) is 2.57. The van der Waals surface area contributed by atoms with Gasteiger partial charge in [-0.05, 0) is 18.6 Å². The maximum Gasteiger partial charge on any atom is 0.242 e.